The number of rotatable bonds is 4. The van der Waals surface area contributed by atoms with Gasteiger partial charge in [0.05, 0.1) is 6.04 Å². The molecule has 0 saturated carbocycles. The van der Waals surface area contributed by atoms with Gasteiger partial charge in [0.15, 0.2) is 0 Å². The first-order valence-corrected chi connectivity index (χ1v) is 6.33. The van der Waals surface area contributed by atoms with Crippen LogP contribution in [0.4, 0.5) is 0 Å². The Balaban J connectivity index is 2.28. The number of carbonyl (C=O) groups is 1. The molecule has 1 saturated heterocycles. The van der Waals surface area contributed by atoms with Crippen LogP contribution in [0, 0.1) is 5.92 Å². The van der Waals surface area contributed by atoms with Gasteiger partial charge in [-0.3, -0.25) is 10.1 Å². The number of nitrogens with zero attached hydrogens (tertiary/aromatic N) is 1. The van der Waals surface area contributed by atoms with Crippen LogP contribution in [0.25, 0.3) is 0 Å². The zero-order valence-electron chi connectivity index (χ0n) is 9.25. The Bertz CT molecular complexity index is 191. The van der Waals surface area contributed by atoms with E-state index < -0.39 is 0 Å². The monoisotopic (exact) mass is 216 g/mol. The quantitative estimate of drug-likeness (QED) is 0.765. The van der Waals surface area contributed by atoms with E-state index in [9.17, 15) is 4.79 Å². The van der Waals surface area contributed by atoms with Crippen molar-refractivity contribution >= 4 is 17.7 Å². The summed E-state index contributed by atoms with van der Waals surface area (Å²) in [5.41, 5.74) is 0. The minimum Gasteiger partial charge on any atom is -0.344 e. The largest absolute Gasteiger partial charge is 0.344 e. The molecule has 1 aliphatic rings. The minimum absolute atomic E-state index is 0.0529. The van der Waals surface area contributed by atoms with E-state index in [0.717, 1.165) is 24.6 Å². The van der Waals surface area contributed by atoms with Crippen molar-refractivity contribution in [1.82, 2.24) is 10.2 Å². The SMILES string of the molecule is CC(C)CCN(C)C(=O)C1CSCN1. The van der Waals surface area contributed by atoms with Crippen molar-refractivity contribution in [3.8, 4) is 0 Å². The second-order valence-corrected chi connectivity index (χ2v) is 5.24. The van der Waals surface area contributed by atoms with Gasteiger partial charge in [-0.1, -0.05) is 13.8 Å². The van der Waals surface area contributed by atoms with Crippen LogP contribution in [0.1, 0.15) is 20.3 Å². The van der Waals surface area contributed by atoms with Crippen LogP contribution in [0.3, 0.4) is 0 Å². The Morgan fingerprint density at radius 3 is 2.86 bits per heavy atom. The molecule has 1 aliphatic heterocycles. The maximum absolute atomic E-state index is 11.8. The summed E-state index contributed by atoms with van der Waals surface area (Å²) >= 11 is 1.79. The molecule has 1 heterocycles. The lowest BCUT2D eigenvalue weighted by Crippen LogP contribution is -2.43. The van der Waals surface area contributed by atoms with E-state index >= 15 is 0 Å². The van der Waals surface area contributed by atoms with Crippen LogP contribution in [0.5, 0.6) is 0 Å². The van der Waals surface area contributed by atoms with Crippen LogP contribution >= 0.6 is 11.8 Å². The number of hydrogen-bond donors (Lipinski definition) is 1. The summed E-state index contributed by atoms with van der Waals surface area (Å²) in [6.07, 6.45) is 1.09. The lowest BCUT2D eigenvalue weighted by Gasteiger charge is -2.21. The summed E-state index contributed by atoms with van der Waals surface area (Å²) in [6.45, 7) is 5.24. The van der Waals surface area contributed by atoms with Gasteiger partial charge in [0.25, 0.3) is 0 Å². The van der Waals surface area contributed by atoms with Crippen molar-refractivity contribution in [2.45, 2.75) is 26.3 Å². The van der Waals surface area contributed by atoms with E-state index in [4.69, 9.17) is 0 Å². The minimum atomic E-state index is 0.0529. The summed E-state index contributed by atoms with van der Waals surface area (Å²) in [6, 6.07) is 0.0529. The van der Waals surface area contributed by atoms with Gasteiger partial charge in [-0.05, 0) is 12.3 Å². The highest BCUT2D eigenvalue weighted by Gasteiger charge is 2.24. The predicted molar refractivity (Wildman–Crippen MR) is 61.3 cm³/mol. The number of amides is 1. The van der Waals surface area contributed by atoms with Crippen LogP contribution in [0.2, 0.25) is 0 Å². The van der Waals surface area contributed by atoms with Crippen molar-refractivity contribution in [1.29, 1.82) is 0 Å². The molecule has 1 amide bonds. The molecule has 1 atom stereocenters. The zero-order valence-corrected chi connectivity index (χ0v) is 10.1. The Hall–Kier alpha value is -0.220. The van der Waals surface area contributed by atoms with Gasteiger partial charge >= 0.3 is 0 Å². The van der Waals surface area contributed by atoms with Gasteiger partial charge in [0.2, 0.25) is 5.91 Å². The second kappa shape index (κ2) is 5.61. The van der Waals surface area contributed by atoms with E-state index in [0.29, 0.717) is 5.92 Å². The molecule has 82 valence electrons. The van der Waals surface area contributed by atoms with Gasteiger partial charge in [0.1, 0.15) is 0 Å². The average molecular weight is 216 g/mol. The maximum atomic E-state index is 11.8. The number of nitrogens with one attached hydrogen (secondary N) is 1. The first-order chi connectivity index (χ1) is 6.61. The van der Waals surface area contributed by atoms with Crippen LogP contribution < -0.4 is 5.32 Å². The molecule has 4 heteroatoms. The molecule has 0 aliphatic carbocycles. The standard InChI is InChI=1S/C10H20N2OS/c1-8(2)4-5-12(3)10(13)9-6-14-7-11-9/h8-9,11H,4-7H2,1-3H3. The van der Waals surface area contributed by atoms with Gasteiger partial charge in [-0.25, -0.2) is 0 Å². The molecular formula is C10H20N2OS. The summed E-state index contributed by atoms with van der Waals surface area (Å²) < 4.78 is 0. The maximum Gasteiger partial charge on any atom is 0.240 e. The lowest BCUT2D eigenvalue weighted by molar-refractivity contribution is -0.131. The third kappa shape index (κ3) is 3.50. The van der Waals surface area contributed by atoms with Crippen LogP contribution in [-0.4, -0.2) is 42.1 Å². The van der Waals surface area contributed by atoms with Gasteiger partial charge in [0, 0.05) is 25.2 Å². The van der Waals surface area contributed by atoms with Crippen molar-refractivity contribution in [3.63, 3.8) is 0 Å². The summed E-state index contributed by atoms with van der Waals surface area (Å²) in [7, 11) is 1.90. The molecule has 0 aromatic carbocycles. The third-order valence-corrected chi connectivity index (χ3v) is 3.37. The van der Waals surface area contributed by atoms with E-state index in [1.807, 2.05) is 11.9 Å². The molecule has 0 aromatic rings. The fourth-order valence-corrected chi connectivity index (χ4v) is 2.31. The van der Waals surface area contributed by atoms with Crippen molar-refractivity contribution < 1.29 is 4.79 Å². The number of hydrogen-bond acceptors (Lipinski definition) is 3. The Kier molecular flexibility index (Phi) is 4.75. The summed E-state index contributed by atoms with van der Waals surface area (Å²) in [5, 5.41) is 3.20. The lowest BCUT2D eigenvalue weighted by atomic mass is 10.1. The molecule has 0 radical (unpaired) electrons. The Morgan fingerprint density at radius 2 is 2.36 bits per heavy atom. The number of carbonyl (C=O) groups excluding carboxylic acids is 1. The van der Waals surface area contributed by atoms with Crippen molar-refractivity contribution in [2.75, 3.05) is 25.2 Å². The highest BCUT2D eigenvalue weighted by molar-refractivity contribution is 7.99. The molecule has 1 rings (SSSR count). The molecule has 0 spiro atoms. The molecule has 1 unspecified atom stereocenters. The molecule has 14 heavy (non-hydrogen) atoms. The summed E-state index contributed by atoms with van der Waals surface area (Å²) in [5.74, 6) is 2.74. The number of thioether (sulfide) groups is 1. The Labute approximate surface area is 90.6 Å². The third-order valence-electron chi connectivity index (χ3n) is 2.43. The first-order valence-electron chi connectivity index (χ1n) is 5.17. The normalized spacial score (nSPS) is 21.6. The molecule has 1 N–H and O–H groups in total. The second-order valence-electron chi connectivity index (χ2n) is 4.21. The number of likely N-dealkylation sites (N-methyl/N-ethyl adjacent to an activating group) is 1. The van der Waals surface area contributed by atoms with Gasteiger partial charge < -0.3 is 4.90 Å². The molecule has 1 fully saturated rings. The molecule has 0 bridgehead atoms. The van der Waals surface area contributed by atoms with E-state index in [1.54, 1.807) is 11.8 Å². The van der Waals surface area contributed by atoms with Gasteiger partial charge in [-0.2, -0.15) is 0 Å². The topological polar surface area (TPSA) is 32.3 Å². The van der Waals surface area contributed by atoms with E-state index in [-0.39, 0.29) is 11.9 Å². The van der Waals surface area contributed by atoms with Crippen LogP contribution in [0.15, 0.2) is 0 Å². The highest BCUT2D eigenvalue weighted by atomic mass is 32.2. The fraction of sp³-hybridized carbons (Fsp3) is 0.900. The zero-order chi connectivity index (χ0) is 10.6. The first kappa shape index (κ1) is 11.9. The van der Waals surface area contributed by atoms with Crippen molar-refractivity contribution in [2.24, 2.45) is 5.92 Å². The van der Waals surface area contributed by atoms with E-state index in [2.05, 4.69) is 19.2 Å². The van der Waals surface area contributed by atoms with Gasteiger partial charge in [-0.15, -0.1) is 11.8 Å². The highest BCUT2D eigenvalue weighted by Crippen LogP contribution is 2.12. The van der Waals surface area contributed by atoms with Crippen LogP contribution in [-0.2, 0) is 4.79 Å². The molecule has 3 nitrogen and oxygen atoms in total. The molecule has 0 aromatic heterocycles. The predicted octanol–water partition coefficient (Wildman–Crippen LogP) is 1.15. The van der Waals surface area contributed by atoms with Crippen molar-refractivity contribution in [3.05, 3.63) is 0 Å². The summed E-state index contributed by atoms with van der Waals surface area (Å²) in [4.78, 5) is 13.7. The molecular weight excluding hydrogens is 196 g/mol. The smallest absolute Gasteiger partial charge is 0.240 e. The Morgan fingerprint density at radius 1 is 1.64 bits per heavy atom. The van der Waals surface area contributed by atoms with E-state index in [1.165, 1.54) is 0 Å². The fourth-order valence-electron chi connectivity index (χ4n) is 1.38. The average Bonchev–Trinajstić information content (AvgIpc) is 2.65.